The van der Waals surface area contributed by atoms with Gasteiger partial charge in [0.1, 0.15) is 11.6 Å². The molecule has 4 rings (SSSR count). The van der Waals surface area contributed by atoms with Gasteiger partial charge in [0.25, 0.3) is 11.8 Å². The Hall–Kier alpha value is -3.68. The summed E-state index contributed by atoms with van der Waals surface area (Å²) in [6, 6.07) is 25.9. The third kappa shape index (κ3) is 6.47. The maximum atomic E-state index is 13.3. The molecule has 0 fully saturated rings. The van der Waals surface area contributed by atoms with E-state index in [1.807, 2.05) is 42.5 Å². The maximum Gasteiger partial charge on any atom is 0.262 e. The Labute approximate surface area is 215 Å². The fourth-order valence-corrected chi connectivity index (χ4v) is 3.96. The molecule has 0 aliphatic carbocycles. The van der Waals surface area contributed by atoms with Crippen LogP contribution < -0.4 is 15.4 Å². The summed E-state index contributed by atoms with van der Waals surface area (Å²) in [7, 11) is 0. The van der Waals surface area contributed by atoms with Crippen LogP contribution in [-0.4, -0.2) is 18.4 Å². The van der Waals surface area contributed by atoms with Crippen molar-refractivity contribution in [3.63, 3.8) is 0 Å². The van der Waals surface area contributed by atoms with Crippen LogP contribution in [0.25, 0.3) is 11.1 Å². The summed E-state index contributed by atoms with van der Waals surface area (Å²) < 4.78 is 19.7. The van der Waals surface area contributed by atoms with E-state index in [2.05, 4.69) is 26.6 Å². The van der Waals surface area contributed by atoms with E-state index in [9.17, 15) is 14.0 Å². The normalized spacial score (nSPS) is 10.5. The summed E-state index contributed by atoms with van der Waals surface area (Å²) in [5.41, 5.74) is 3.19. The van der Waals surface area contributed by atoms with Crippen molar-refractivity contribution in [2.75, 3.05) is 17.2 Å². The second-order valence-electron chi connectivity index (χ2n) is 7.51. The average Bonchev–Trinajstić information content (AvgIpc) is 2.86. The fraction of sp³-hybridized carbons (Fsp3) is 0.0370. The molecule has 0 aliphatic rings. The quantitative estimate of drug-likeness (QED) is 0.255. The zero-order valence-corrected chi connectivity index (χ0v) is 20.6. The minimum atomic E-state index is -0.573. The first-order valence-electron chi connectivity index (χ1n) is 10.5. The van der Waals surface area contributed by atoms with Gasteiger partial charge in [0.15, 0.2) is 6.61 Å². The molecule has 0 aromatic heterocycles. The highest BCUT2D eigenvalue weighted by Crippen LogP contribution is 2.30. The molecule has 2 N–H and O–H groups in total. The van der Waals surface area contributed by atoms with Crippen molar-refractivity contribution < 1.29 is 18.7 Å². The topological polar surface area (TPSA) is 67.4 Å². The lowest BCUT2D eigenvalue weighted by molar-refractivity contribution is -0.118. The van der Waals surface area contributed by atoms with Crippen molar-refractivity contribution >= 4 is 50.7 Å². The number of anilines is 2. The number of nitrogens with one attached hydrogen (secondary N) is 2. The van der Waals surface area contributed by atoms with E-state index in [1.54, 1.807) is 24.3 Å². The summed E-state index contributed by atoms with van der Waals surface area (Å²) in [5.74, 6) is -0.851. The molecule has 0 radical (unpaired) electrons. The second-order valence-corrected chi connectivity index (χ2v) is 8.77. The van der Waals surface area contributed by atoms with Gasteiger partial charge in [0.2, 0.25) is 0 Å². The van der Waals surface area contributed by atoms with Crippen molar-refractivity contribution in [2.24, 2.45) is 0 Å². The highest BCUT2D eigenvalue weighted by Gasteiger charge is 2.11. The fourth-order valence-electron chi connectivity index (χ4n) is 3.28. The minimum Gasteiger partial charge on any atom is -0.483 e. The van der Waals surface area contributed by atoms with E-state index < -0.39 is 11.7 Å². The second kappa shape index (κ2) is 11.2. The van der Waals surface area contributed by atoms with Crippen molar-refractivity contribution in [3.05, 3.63) is 112 Å². The summed E-state index contributed by atoms with van der Waals surface area (Å²) in [4.78, 5) is 25.0. The molecule has 4 aromatic rings. The Balaban J connectivity index is 1.35. The lowest BCUT2D eigenvalue weighted by Crippen LogP contribution is -2.20. The van der Waals surface area contributed by atoms with Gasteiger partial charge in [0.05, 0.1) is 9.50 Å². The molecule has 0 aliphatic heterocycles. The number of hydrogen-bond acceptors (Lipinski definition) is 3. The van der Waals surface area contributed by atoms with Gasteiger partial charge in [0, 0.05) is 16.9 Å². The van der Waals surface area contributed by atoms with Crippen LogP contribution in [0.4, 0.5) is 15.8 Å². The first-order chi connectivity index (χ1) is 16.9. The van der Waals surface area contributed by atoms with Gasteiger partial charge in [-0.15, -0.1) is 0 Å². The first kappa shape index (κ1) is 24.4. The Morgan fingerprint density at radius 2 is 1.60 bits per heavy atom. The van der Waals surface area contributed by atoms with E-state index in [4.69, 9.17) is 16.3 Å². The molecular formula is C27H19BrClFN2O3. The highest BCUT2D eigenvalue weighted by molar-refractivity contribution is 9.10. The van der Waals surface area contributed by atoms with E-state index in [0.29, 0.717) is 22.7 Å². The molecule has 0 saturated carbocycles. The summed E-state index contributed by atoms with van der Waals surface area (Å²) >= 11 is 9.25. The van der Waals surface area contributed by atoms with Gasteiger partial charge in [-0.3, -0.25) is 9.59 Å². The van der Waals surface area contributed by atoms with Crippen molar-refractivity contribution in [1.82, 2.24) is 0 Å². The Morgan fingerprint density at radius 1 is 0.829 bits per heavy atom. The minimum absolute atomic E-state index is 0.0924. The zero-order valence-electron chi connectivity index (χ0n) is 18.2. The predicted molar refractivity (Wildman–Crippen MR) is 140 cm³/mol. The molecule has 176 valence electrons. The highest BCUT2D eigenvalue weighted by atomic mass is 79.9. The molecule has 2 amide bonds. The number of amides is 2. The van der Waals surface area contributed by atoms with Crippen LogP contribution in [0, 0.1) is 5.82 Å². The first-order valence-corrected chi connectivity index (χ1v) is 11.7. The molecule has 35 heavy (non-hydrogen) atoms. The van der Waals surface area contributed by atoms with Crippen LogP contribution in [0.15, 0.2) is 95.5 Å². The van der Waals surface area contributed by atoms with Crippen LogP contribution in [0.1, 0.15) is 10.4 Å². The molecule has 5 nitrogen and oxygen atoms in total. The predicted octanol–water partition coefficient (Wildman–Crippen LogP) is 7.18. The molecular weight excluding hydrogens is 535 g/mol. The van der Waals surface area contributed by atoms with Crippen molar-refractivity contribution in [2.45, 2.75) is 0 Å². The van der Waals surface area contributed by atoms with Gasteiger partial charge in [-0.05, 0) is 75.6 Å². The molecule has 0 heterocycles. The number of rotatable bonds is 7. The molecule has 4 aromatic carbocycles. The van der Waals surface area contributed by atoms with Gasteiger partial charge in [-0.1, -0.05) is 54.1 Å². The average molecular weight is 554 g/mol. The molecule has 0 unspecified atom stereocenters. The van der Waals surface area contributed by atoms with E-state index in [1.165, 1.54) is 24.3 Å². The van der Waals surface area contributed by atoms with E-state index in [-0.39, 0.29) is 17.5 Å². The number of hydrogen-bond donors (Lipinski definition) is 2. The van der Waals surface area contributed by atoms with Crippen molar-refractivity contribution in [3.8, 4) is 16.9 Å². The van der Waals surface area contributed by atoms with Crippen LogP contribution in [0.5, 0.6) is 5.75 Å². The summed E-state index contributed by atoms with van der Waals surface area (Å²) in [6.45, 7) is -0.214. The Bertz CT molecular complexity index is 1380. The van der Waals surface area contributed by atoms with Crippen LogP contribution in [0.2, 0.25) is 5.02 Å². The van der Waals surface area contributed by atoms with E-state index >= 15 is 0 Å². The van der Waals surface area contributed by atoms with Gasteiger partial charge in [-0.2, -0.15) is 0 Å². The number of carbonyl (C=O) groups excluding carboxylic acids is 2. The molecule has 0 saturated heterocycles. The lowest BCUT2D eigenvalue weighted by Gasteiger charge is -2.11. The molecule has 8 heteroatoms. The zero-order chi connectivity index (χ0) is 24.8. The van der Waals surface area contributed by atoms with Gasteiger partial charge >= 0.3 is 0 Å². The molecule has 0 atom stereocenters. The summed E-state index contributed by atoms with van der Waals surface area (Å²) in [6.07, 6.45) is 0. The largest absolute Gasteiger partial charge is 0.483 e. The third-order valence-corrected chi connectivity index (χ3v) is 5.89. The molecule has 0 spiro atoms. The van der Waals surface area contributed by atoms with Gasteiger partial charge in [-0.25, -0.2) is 4.39 Å². The third-order valence-electron chi connectivity index (χ3n) is 4.98. The van der Waals surface area contributed by atoms with E-state index in [0.717, 1.165) is 15.6 Å². The Morgan fingerprint density at radius 3 is 2.34 bits per heavy atom. The van der Waals surface area contributed by atoms with Crippen LogP contribution in [0.3, 0.4) is 0 Å². The number of benzene rings is 4. The smallest absolute Gasteiger partial charge is 0.262 e. The lowest BCUT2D eigenvalue weighted by atomic mass is 10.1. The van der Waals surface area contributed by atoms with Crippen LogP contribution >= 0.6 is 27.5 Å². The monoisotopic (exact) mass is 552 g/mol. The van der Waals surface area contributed by atoms with Crippen molar-refractivity contribution in [1.29, 1.82) is 0 Å². The SMILES string of the molecule is O=C(COc1ccc(-c2ccccc2)cc1Br)Nc1cccc(C(=O)Nc2ccc(F)c(Cl)c2)c1. The number of ether oxygens (including phenoxy) is 1. The standard InChI is InChI=1S/C27H19BrClFN2O3/c28-22-14-18(17-5-2-1-3-6-17)9-12-25(22)35-16-26(33)31-20-8-4-7-19(13-20)27(34)32-21-10-11-24(30)23(29)15-21/h1-15H,16H2,(H,31,33)(H,32,34). The van der Waals surface area contributed by atoms with Gasteiger partial charge < -0.3 is 15.4 Å². The Kier molecular flexibility index (Phi) is 7.80. The van der Waals surface area contributed by atoms with Crippen LogP contribution in [-0.2, 0) is 4.79 Å². The molecule has 0 bridgehead atoms. The summed E-state index contributed by atoms with van der Waals surface area (Å²) in [5, 5.41) is 5.27. The number of carbonyl (C=O) groups is 2. The maximum absolute atomic E-state index is 13.3. The number of halogens is 3.